The SMILES string of the molecule is CN[C@](C)(CO)COC. The molecule has 0 aromatic carbocycles. The molecule has 1 atom stereocenters. The van der Waals surface area contributed by atoms with Gasteiger partial charge >= 0.3 is 0 Å². The van der Waals surface area contributed by atoms with Crippen LogP contribution in [-0.4, -0.2) is 38.0 Å². The van der Waals surface area contributed by atoms with E-state index in [0.29, 0.717) is 6.61 Å². The topological polar surface area (TPSA) is 41.5 Å². The van der Waals surface area contributed by atoms with Crippen LogP contribution < -0.4 is 5.32 Å². The van der Waals surface area contributed by atoms with Gasteiger partial charge in [-0.05, 0) is 14.0 Å². The number of methoxy groups -OCH3 is 1. The summed E-state index contributed by atoms with van der Waals surface area (Å²) in [6.07, 6.45) is 0. The Morgan fingerprint density at radius 2 is 2.22 bits per heavy atom. The highest BCUT2D eigenvalue weighted by Gasteiger charge is 2.19. The smallest absolute Gasteiger partial charge is 0.0664 e. The quantitative estimate of drug-likeness (QED) is 0.548. The van der Waals surface area contributed by atoms with Crippen LogP contribution in [0.2, 0.25) is 0 Å². The summed E-state index contributed by atoms with van der Waals surface area (Å²) < 4.78 is 4.87. The Morgan fingerprint density at radius 3 is 2.33 bits per heavy atom. The van der Waals surface area contributed by atoms with Gasteiger partial charge in [0.05, 0.1) is 18.8 Å². The molecule has 0 aromatic rings. The van der Waals surface area contributed by atoms with Gasteiger partial charge in [0.1, 0.15) is 0 Å². The molecule has 0 bridgehead atoms. The van der Waals surface area contributed by atoms with Gasteiger partial charge in [-0.1, -0.05) is 0 Å². The highest BCUT2D eigenvalue weighted by Crippen LogP contribution is 1.99. The van der Waals surface area contributed by atoms with Gasteiger partial charge in [-0.3, -0.25) is 0 Å². The maximum absolute atomic E-state index is 8.77. The number of aliphatic hydroxyl groups is 1. The number of ether oxygens (including phenoxy) is 1. The van der Waals surface area contributed by atoms with Crippen molar-refractivity contribution < 1.29 is 9.84 Å². The molecular weight excluding hydrogens is 118 g/mol. The van der Waals surface area contributed by atoms with E-state index in [1.807, 2.05) is 6.92 Å². The zero-order chi connectivity index (χ0) is 7.33. The van der Waals surface area contributed by atoms with Crippen molar-refractivity contribution in [1.82, 2.24) is 5.32 Å². The van der Waals surface area contributed by atoms with Gasteiger partial charge in [-0.15, -0.1) is 0 Å². The van der Waals surface area contributed by atoms with Crippen LogP contribution in [0.5, 0.6) is 0 Å². The number of hydrogen-bond donors (Lipinski definition) is 2. The summed E-state index contributed by atoms with van der Waals surface area (Å²) in [5, 5.41) is 11.7. The van der Waals surface area contributed by atoms with Crippen LogP contribution in [0.4, 0.5) is 0 Å². The minimum absolute atomic E-state index is 0.0946. The van der Waals surface area contributed by atoms with E-state index in [-0.39, 0.29) is 12.1 Å². The van der Waals surface area contributed by atoms with Crippen LogP contribution in [-0.2, 0) is 4.74 Å². The minimum atomic E-state index is -0.283. The lowest BCUT2D eigenvalue weighted by molar-refractivity contribution is 0.0784. The van der Waals surface area contributed by atoms with Crippen molar-refractivity contribution in [2.75, 3.05) is 27.4 Å². The van der Waals surface area contributed by atoms with Crippen molar-refractivity contribution in [1.29, 1.82) is 0 Å². The predicted octanol–water partition coefficient (Wildman–Crippen LogP) is -0.397. The maximum atomic E-state index is 8.77. The molecule has 0 aromatic heterocycles. The van der Waals surface area contributed by atoms with E-state index >= 15 is 0 Å². The third-order valence-electron chi connectivity index (χ3n) is 1.42. The lowest BCUT2D eigenvalue weighted by atomic mass is 10.1. The Morgan fingerprint density at radius 1 is 1.67 bits per heavy atom. The van der Waals surface area contributed by atoms with Gasteiger partial charge in [-0.2, -0.15) is 0 Å². The molecule has 0 rings (SSSR count). The molecule has 3 heteroatoms. The summed E-state index contributed by atoms with van der Waals surface area (Å²) in [7, 11) is 3.42. The van der Waals surface area contributed by atoms with Crippen LogP contribution in [0.1, 0.15) is 6.92 Å². The number of aliphatic hydroxyl groups excluding tert-OH is 1. The summed E-state index contributed by atoms with van der Waals surface area (Å²) >= 11 is 0. The monoisotopic (exact) mass is 133 g/mol. The molecule has 0 radical (unpaired) electrons. The summed E-state index contributed by atoms with van der Waals surface area (Å²) in [4.78, 5) is 0. The van der Waals surface area contributed by atoms with Crippen LogP contribution in [0.3, 0.4) is 0 Å². The highest BCUT2D eigenvalue weighted by molar-refractivity contribution is 4.79. The number of hydrogen-bond acceptors (Lipinski definition) is 3. The molecule has 0 spiro atoms. The first kappa shape index (κ1) is 8.88. The molecule has 0 fully saturated rings. The summed E-state index contributed by atoms with van der Waals surface area (Å²) in [5.74, 6) is 0. The molecule has 56 valence electrons. The van der Waals surface area contributed by atoms with E-state index in [4.69, 9.17) is 9.84 Å². The van der Waals surface area contributed by atoms with Gasteiger partial charge < -0.3 is 15.2 Å². The van der Waals surface area contributed by atoms with E-state index in [1.54, 1.807) is 14.2 Å². The van der Waals surface area contributed by atoms with Crippen molar-refractivity contribution in [3.63, 3.8) is 0 Å². The average Bonchev–Trinajstić information content (AvgIpc) is 1.89. The van der Waals surface area contributed by atoms with E-state index in [1.165, 1.54) is 0 Å². The van der Waals surface area contributed by atoms with Crippen molar-refractivity contribution in [3.8, 4) is 0 Å². The molecule has 0 heterocycles. The fourth-order valence-corrected chi connectivity index (χ4v) is 0.515. The number of likely N-dealkylation sites (N-methyl/N-ethyl adjacent to an activating group) is 1. The van der Waals surface area contributed by atoms with Gasteiger partial charge in [0, 0.05) is 7.11 Å². The Balaban J connectivity index is 3.62. The highest BCUT2D eigenvalue weighted by atomic mass is 16.5. The van der Waals surface area contributed by atoms with Gasteiger partial charge in [0.15, 0.2) is 0 Å². The Bertz CT molecular complexity index is 71.5. The van der Waals surface area contributed by atoms with E-state index in [0.717, 1.165) is 0 Å². The predicted molar refractivity (Wildman–Crippen MR) is 36.4 cm³/mol. The van der Waals surface area contributed by atoms with Crippen molar-refractivity contribution in [2.24, 2.45) is 0 Å². The second-order valence-electron chi connectivity index (χ2n) is 2.40. The zero-order valence-corrected chi connectivity index (χ0v) is 6.27. The normalized spacial score (nSPS) is 17.3. The Kier molecular flexibility index (Phi) is 3.77. The van der Waals surface area contributed by atoms with Crippen LogP contribution >= 0.6 is 0 Å². The van der Waals surface area contributed by atoms with E-state index < -0.39 is 0 Å². The van der Waals surface area contributed by atoms with Gasteiger partial charge in [0.25, 0.3) is 0 Å². The van der Waals surface area contributed by atoms with Gasteiger partial charge in [0.2, 0.25) is 0 Å². The molecule has 0 aliphatic heterocycles. The molecule has 0 aliphatic carbocycles. The number of nitrogens with one attached hydrogen (secondary N) is 1. The Labute approximate surface area is 56.0 Å². The largest absolute Gasteiger partial charge is 0.394 e. The van der Waals surface area contributed by atoms with Gasteiger partial charge in [-0.25, -0.2) is 0 Å². The molecule has 2 N–H and O–H groups in total. The maximum Gasteiger partial charge on any atom is 0.0664 e. The lowest BCUT2D eigenvalue weighted by Crippen LogP contribution is -2.47. The molecule has 0 saturated heterocycles. The van der Waals surface area contributed by atoms with E-state index in [9.17, 15) is 0 Å². The fraction of sp³-hybridized carbons (Fsp3) is 1.00. The molecule has 0 aliphatic rings. The summed E-state index contributed by atoms with van der Waals surface area (Å²) in [5.41, 5.74) is -0.283. The average molecular weight is 133 g/mol. The summed E-state index contributed by atoms with van der Waals surface area (Å²) in [6, 6.07) is 0. The van der Waals surface area contributed by atoms with Crippen LogP contribution in [0.15, 0.2) is 0 Å². The summed E-state index contributed by atoms with van der Waals surface area (Å²) in [6.45, 7) is 2.52. The fourth-order valence-electron chi connectivity index (χ4n) is 0.515. The second kappa shape index (κ2) is 3.82. The first-order chi connectivity index (χ1) is 4.18. The van der Waals surface area contributed by atoms with Crippen molar-refractivity contribution in [2.45, 2.75) is 12.5 Å². The Hall–Kier alpha value is -0.120. The molecule has 9 heavy (non-hydrogen) atoms. The molecular formula is C6H15NO2. The second-order valence-corrected chi connectivity index (χ2v) is 2.40. The van der Waals surface area contributed by atoms with Crippen LogP contribution in [0.25, 0.3) is 0 Å². The number of rotatable bonds is 4. The molecule has 0 saturated carbocycles. The molecule has 0 unspecified atom stereocenters. The first-order valence-corrected chi connectivity index (χ1v) is 2.97. The van der Waals surface area contributed by atoms with E-state index in [2.05, 4.69) is 5.32 Å². The third kappa shape index (κ3) is 2.79. The first-order valence-electron chi connectivity index (χ1n) is 2.97. The zero-order valence-electron chi connectivity index (χ0n) is 6.27. The molecule has 3 nitrogen and oxygen atoms in total. The van der Waals surface area contributed by atoms with Crippen molar-refractivity contribution >= 4 is 0 Å². The third-order valence-corrected chi connectivity index (χ3v) is 1.42. The minimum Gasteiger partial charge on any atom is -0.394 e. The van der Waals surface area contributed by atoms with Crippen molar-refractivity contribution in [3.05, 3.63) is 0 Å². The van der Waals surface area contributed by atoms with Crippen LogP contribution in [0, 0.1) is 0 Å². The standard InChI is InChI=1S/C6H15NO2/c1-6(4-8,7-2)5-9-3/h7-8H,4-5H2,1-3H3/t6-/m1/s1. The lowest BCUT2D eigenvalue weighted by Gasteiger charge is -2.25. The molecule has 0 amide bonds.